The normalized spacial score (nSPS) is 10.0. The van der Waals surface area contributed by atoms with Gasteiger partial charge < -0.3 is 20.5 Å². The van der Waals surface area contributed by atoms with Gasteiger partial charge in [0.2, 0.25) is 0 Å². The quantitative estimate of drug-likeness (QED) is 0.906. The maximum atomic E-state index is 12.2. The van der Waals surface area contributed by atoms with Crippen LogP contribution in [0.5, 0.6) is 11.5 Å². The molecule has 0 spiro atoms. The fourth-order valence-corrected chi connectivity index (χ4v) is 1.95. The number of carbonyl (C=O) groups is 1. The van der Waals surface area contributed by atoms with Gasteiger partial charge in [0.05, 0.1) is 24.9 Å². The molecule has 1 aromatic heterocycles. The number of pyridine rings is 1. The van der Waals surface area contributed by atoms with Gasteiger partial charge in [0.25, 0.3) is 5.91 Å². The van der Waals surface area contributed by atoms with Gasteiger partial charge in [-0.3, -0.25) is 9.78 Å². The Kier molecular flexibility index (Phi) is 4.49. The number of benzene rings is 1. The Balaban J connectivity index is 2.32. The van der Waals surface area contributed by atoms with Crippen LogP contribution in [0, 0.1) is 0 Å². The number of anilines is 2. The monoisotopic (exact) mass is 307 g/mol. The summed E-state index contributed by atoms with van der Waals surface area (Å²) in [7, 11) is 2.96. The molecule has 0 saturated carbocycles. The van der Waals surface area contributed by atoms with E-state index in [0.29, 0.717) is 27.9 Å². The van der Waals surface area contributed by atoms with E-state index in [2.05, 4.69) is 10.3 Å². The van der Waals surface area contributed by atoms with Crippen LogP contribution in [0.2, 0.25) is 5.02 Å². The van der Waals surface area contributed by atoms with Crippen LogP contribution < -0.4 is 20.5 Å². The average Bonchev–Trinajstić information content (AvgIpc) is 2.48. The second-order valence-electron chi connectivity index (χ2n) is 4.12. The molecule has 0 aliphatic heterocycles. The van der Waals surface area contributed by atoms with E-state index in [1.165, 1.54) is 26.5 Å². The fourth-order valence-electron chi connectivity index (χ4n) is 1.72. The first kappa shape index (κ1) is 14.9. The lowest BCUT2D eigenvalue weighted by atomic mass is 10.2. The first-order valence-electron chi connectivity index (χ1n) is 5.99. The van der Waals surface area contributed by atoms with Crippen molar-refractivity contribution in [1.29, 1.82) is 0 Å². The number of hydrogen-bond donors (Lipinski definition) is 2. The number of hydrogen-bond acceptors (Lipinski definition) is 5. The summed E-state index contributed by atoms with van der Waals surface area (Å²) in [6.45, 7) is 0. The van der Waals surface area contributed by atoms with Gasteiger partial charge in [0.1, 0.15) is 17.2 Å². The zero-order valence-corrected chi connectivity index (χ0v) is 12.3. The maximum Gasteiger partial charge on any atom is 0.274 e. The Labute approximate surface area is 126 Å². The highest BCUT2D eigenvalue weighted by Crippen LogP contribution is 2.36. The SMILES string of the molecule is COc1cc(NC(=O)c2cc(N)ccn2)c(OC)cc1Cl. The summed E-state index contributed by atoms with van der Waals surface area (Å²) in [5.74, 6) is 0.427. The molecular weight excluding hydrogens is 294 g/mol. The molecule has 0 fully saturated rings. The Morgan fingerprint density at radius 3 is 2.57 bits per heavy atom. The minimum Gasteiger partial charge on any atom is -0.495 e. The van der Waals surface area contributed by atoms with Gasteiger partial charge in [0, 0.05) is 24.0 Å². The highest BCUT2D eigenvalue weighted by molar-refractivity contribution is 6.32. The molecule has 1 aromatic carbocycles. The van der Waals surface area contributed by atoms with E-state index in [4.69, 9.17) is 26.8 Å². The van der Waals surface area contributed by atoms with E-state index in [9.17, 15) is 4.79 Å². The number of nitrogen functional groups attached to an aromatic ring is 1. The van der Waals surface area contributed by atoms with Crippen LogP contribution >= 0.6 is 11.6 Å². The van der Waals surface area contributed by atoms with Crippen LogP contribution in [0.4, 0.5) is 11.4 Å². The van der Waals surface area contributed by atoms with E-state index in [0.717, 1.165) is 0 Å². The molecule has 0 radical (unpaired) electrons. The molecule has 7 heteroatoms. The van der Waals surface area contributed by atoms with Crippen molar-refractivity contribution in [3.05, 3.63) is 41.2 Å². The van der Waals surface area contributed by atoms with Crippen molar-refractivity contribution in [3.8, 4) is 11.5 Å². The summed E-state index contributed by atoms with van der Waals surface area (Å²) in [6.07, 6.45) is 1.46. The van der Waals surface area contributed by atoms with Crippen molar-refractivity contribution in [2.45, 2.75) is 0 Å². The zero-order valence-electron chi connectivity index (χ0n) is 11.5. The van der Waals surface area contributed by atoms with Crippen molar-refractivity contribution < 1.29 is 14.3 Å². The van der Waals surface area contributed by atoms with Gasteiger partial charge in [-0.05, 0) is 12.1 Å². The van der Waals surface area contributed by atoms with Gasteiger partial charge in [-0.2, -0.15) is 0 Å². The van der Waals surface area contributed by atoms with Gasteiger partial charge in [-0.15, -0.1) is 0 Å². The lowest BCUT2D eigenvalue weighted by molar-refractivity contribution is 0.102. The largest absolute Gasteiger partial charge is 0.495 e. The number of nitrogens with zero attached hydrogens (tertiary/aromatic N) is 1. The molecule has 0 atom stereocenters. The number of nitrogens with two attached hydrogens (primary N) is 1. The summed E-state index contributed by atoms with van der Waals surface area (Å²) < 4.78 is 10.3. The number of ether oxygens (including phenoxy) is 2. The summed E-state index contributed by atoms with van der Waals surface area (Å²) in [6, 6.07) is 6.21. The third kappa shape index (κ3) is 3.35. The predicted molar refractivity (Wildman–Crippen MR) is 81.2 cm³/mol. The Morgan fingerprint density at radius 1 is 1.24 bits per heavy atom. The first-order valence-corrected chi connectivity index (χ1v) is 6.37. The van der Waals surface area contributed by atoms with Gasteiger partial charge in [-0.25, -0.2) is 0 Å². The van der Waals surface area contributed by atoms with E-state index in [-0.39, 0.29) is 5.69 Å². The number of nitrogens with one attached hydrogen (secondary N) is 1. The number of rotatable bonds is 4. The topological polar surface area (TPSA) is 86.5 Å². The van der Waals surface area contributed by atoms with Gasteiger partial charge in [0.15, 0.2) is 0 Å². The molecule has 110 valence electrons. The van der Waals surface area contributed by atoms with Crippen molar-refractivity contribution in [2.24, 2.45) is 0 Å². The summed E-state index contributed by atoms with van der Waals surface area (Å²) in [5.41, 5.74) is 6.71. The molecule has 1 heterocycles. The summed E-state index contributed by atoms with van der Waals surface area (Å²) >= 11 is 6.01. The molecular formula is C14H14ClN3O3. The van der Waals surface area contributed by atoms with Crippen LogP contribution in [-0.4, -0.2) is 25.1 Å². The number of methoxy groups -OCH3 is 2. The molecule has 1 amide bonds. The smallest absolute Gasteiger partial charge is 0.274 e. The van der Waals surface area contributed by atoms with Crippen LogP contribution in [0.1, 0.15) is 10.5 Å². The minimum atomic E-state index is -0.412. The van der Waals surface area contributed by atoms with Gasteiger partial charge >= 0.3 is 0 Å². The third-order valence-corrected chi connectivity index (χ3v) is 3.03. The molecule has 2 aromatic rings. The minimum absolute atomic E-state index is 0.200. The lowest BCUT2D eigenvalue weighted by Gasteiger charge is -2.13. The molecule has 0 aliphatic rings. The standard InChI is InChI=1S/C14H14ClN3O3/c1-20-12-7-10(13(21-2)6-9(12)15)18-14(19)11-5-8(16)3-4-17-11/h3-7H,1-2H3,(H2,16,17)(H,18,19). The number of aromatic nitrogens is 1. The second-order valence-corrected chi connectivity index (χ2v) is 4.52. The van der Waals surface area contributed by atoms with Crippen LogP contribution in [0.15, 0.2) is 30.5 Å². The summed E-state index contributed by atoms with van der Waals surface area (Å²) in [5, 5.41) is 3.07. The molecule has 2 rings (SSSR count). The Morgan fingerprint density at radius 2 is 1.95 bits per heavy atom. The number of amides is 1. The van der Waals surface area contributed by atoms with Crippen molar-refractivity contribution in [3.63, 3.8) is 0 Å². The summed E-state index contributed by atoms with van der Waals surface area (Å²) in [4.78, 5) is 16.1. The van der Waals surface area contributed by atoms with Crippen LogP contribution in [0.25, 0.3) is 0 Å². The lowest BCUT2D eigenvalue weighted by Crippen LogP contribution is -2.14. The van der Waals surface area contributed by atoms with E-state index in [1.807, 2.05) is 0 Å². The highest BCUT2D eigenvalue weighted by atomic mass is 35.5. The molecule has 0 saturated heterocycles. The van der Waals surface area contributed by atoms with Crippen LogP contribution in [-0.2, 0) is 0 Å². The average molecular weight is 308 g/mol. The van der Waals surface area contributed by atoms with E-state index in [1.54, 1.807) is 18.2 Å². The molecule has 3 N–H and O–H groups in total. The number of halogens is 1. The molecule has 21 heavy (non-hydrogen) atoms. The Hall–Kier alpha value is -2.47. The van der Waals surface area contributed by atoms with Crippen molar-refractivity contribution >= 4 is 28.9 Å². The van der Waals surface area contributed by atoms with Crippen molar-refractivity contribution in [1.82, 2.24) is 4.98 Å². The maximum absolute atomic E-state index is 12.2. The third-order valence-electron chi connectivity index (χ3n) is 2.74. The van der Waals surface area contributed by atoms with Gasteiger partial charge in [-0.1, -0.05) is 11.6 Å². The molecule has 0 aliphatic carbocycles. The Bertz CT molecular complexity index is 677. The molecule has 0 unspecified atom stereocenters. The number of carbonyl (C=O) groups excluding carboxylic acids is 1. The molecule has 0 bridgehead atoms. The predicted octanol–water partition coefficient (Wildman–Crippen LogP) is 2.59. The zero-order chi connectivity index (χ0) is 15.4. The van der Waals surface area contributed by atoms with E-state index >= 15 is 0 Å². The van der Waals surface area contributed by atoms with Crippen LogP contribution in [0.3, 0.4) is 0 Å². The van der Waals surface area contributed by atoms with Crippen molar-refractivity contribution in [2.75, 3.05) is 25.3 Å². The highest BCUT2D eigenvalue weighted by Gasteiger charge is 2.14. The second kappa shape index (κ2) is 6.32. The van der Waals surface area contributed by atoms with E-state index < -0.39 is 5.91 Å². The molecule has 6 nitrogen and oxygen atoms in total. The first-order chi connectivity index (χ1) is 10.0. The fraction of sp³-hybridized carbons (Fsp3) is 0.143.